The van der Waals surface area contributed by atoms with Crippen LogP contribution in [0.25, 0.3) is 0 Å². The topological polar surface area (TPSA) is 55.1 Å². The number of anilines is 1. The highest BCUT2D eigenvalue weighted by molar-refractivity contribution is 5.94. The molecule has 0 spiro atoms. The van der Waals surface area contributed by atoms with Crippen molar-refractivity contribution in [1.29, 1.82) is 0 Å². The fraction of sp³-hybridized carbons (Fsp3) is 0.0714. The minimum atomic E-state index is -0.421. The predicted molar refractivity (Wildman–Crippen MR) is 68.4 cm³/mol. The fourth-order valence-corrected chi connectivity index (χ4v) is 1.55. The van der Waals surface area contributed by atoms with Crippen LogP contribution >= 0.6 is 0 Å². The molecule has 3 N–H and O–H groups in total. The van der Waals surface area contributed by atoms with Crippen LogP contribution in [0, 0.1) is 5.82 Å². The Kier molecular flexibility index (Phi) is 3.57. The van der Waals surface area contributed by atoms with E-state index in [4.69, 9.17) is 5.73 Å². The zero-order chi connectivity index (χ0) is 13.0. The number of nitrogens with one attached hydrogen (secondary N) is 1. The first-order valence-corrected chi connectivity index (χ1v) is 5.53. The van der Waals surface area contributed by atoms with Crippen molar-refractivity contribution in [1.82, 2.24) is 5.32 Å². The maximum Gasteiger partial charge on any atom is 0.251 e. The first-order valence-electron chi connectivity index (χ1n) is 5.53. The number of halogens is 1. The third kappa shape index (κ3) is 3.07. The average Bonchev–Trinajstić information content (AvgIpc) is 2.38. The molecule has 2 aromatic rings. The van der Waals surface area contributed by atoms with Crippen LogP contribution in [0.2, 0.25) is 0 Å². The van der Waals surface area contributed by atoms with Crippen LogP contribution in [0.4, 0.5) is 10.1 Å². The third-order valence-corrected chi connectivity index (χ3v) is 2.52. The SMILES string of the molecule is Nc1ccc(CNC(=O)c2cccc(F)c2)cc1. The van der Waals surface area contributed by atoms with Crippen molar-refractivity contribution in [3.05, 3.63) is 65.5 Å². The fourth-order valence-electron chi connectivity index (χ4n) is 1.55. The highest BCUT2D eigenvalue weighted by Gasteiger charge is 2.05. The summed E-state index contributed by atoms with van der Waals surface area (Å²) in [7, 11) is 0. The van der Waals surface area contributed by atoms with Gasteiger partial charge in [-0.2, -0.15) is 0 Å². The van der Waals surface area contributed by atoms with Gasteiger partial charge >= 0.3 is 0 Å². The van der Waals surface area contributed by atoms with Crippen molar-refractivity contribution < 1.29 is 9.18 Å². The number of hydrogen-bond acceptors (Lipinski definition) is 2. The summed E-state index contributed by atoms with van der Waals surface area (Å²) in [6, 6.07) is 12.8. The van der Waals surface area contributed by atoms with E-state index >= 15 is 0 Å². The molecule has 2 rings (SSSR count). The lowest BCUT2D eigenvalue weighted by atomic mass is 10.2. The molecular formula is C14H13FN2O. The van der Waals surface area contributed by atoms with Crippen molar-refractivity contribution >= 4 is 11.6 Å². The van der Waals surface area contributed by atoms with Crippen LogP contribution in [0.15, 0.2) is 48.5 Å². The summed E-state index contributed by atoms with van der Waals surface area (Å²) in [6.45, 7) is 0.385. The smallest absolute Gasteiger partial charge is 0.251 e. The summed E-state index contributed by atoms with van der Waals surface area (Å²) in [6.07, 6.45) is 0. The van der Waals surface area contributed by atoms with E-state index in [0.29, 0.717) is 17.8 Å². The van der Waals surface area contributed by atoms with Gasteiger partial charge in [-0.25, -0.2) is 4.39 Å². The predicted octanol–water partition coefficient (Wildman–Crippen LogP) is 2.34. The van der Waals surface area contributed by atoms with E-state index in [-0.39, 0.29) is 5.91 Å². The number of benzene rings is 2. The molecule has 3 nitrogen and oxygen atoms in total. The molecule has 0 aliphatic rings. The monoisotopic (exact) mass is 244 g/mol. The van der Waals surface area contributed by atoms with Crippen LogP contribution in [0.5, 0.6) is 0 Å². The van der Waals surface area contributed by atoms with Gasteiger partial charge < -0.3 is 11.1 Å². The van der Waals surface area contributed by atoms with Gasteiger partial charge in [0.05, 0.1) is 0 Å². The van der Waals surface area contributed by atoms with Gasteiger partial charge in [-0.15, -0.1) is 0 Å². The first kappa shape index (κ1) is 12.1. The molecule has 0 unspecified atom stereocenters. The van der Waals surface area contributed by atoms with Gasteiger partial charge in [-0.3, -0.25) is 4.79 Å². The summed E-state index contributed by atoms with van der Waals surface area (Å²) >= 11 is 0. The Balaban J connectivity index is 1.98. The van der Waals surface area contributed by atoms with E-state index in [1.54, 1.807) is 18.2 Å². The molecule has 0 bridgehead atoms. The van der Waals surface area contributed by atoms with E-state index in [2.05, 4.69) is 5.32 Å². The molecule has 2 aromatic carbocycles. The van der Waals surface area contributed by atoms with Crippen LogP contribution in [0.3, 0.4) is 0 Å². The largest absolute Gasteiger partial charge is 0.399 e. The Bertz CT molecular complexity index is 552. The van der Waals surface area contributed by atoms with Gasteiger partial charge in [-0.05, 0) is 35.9 Å². The van der Waals surface area contributed by atoms with E-state index < -0.39 is 5.82 Å². The van der Waals surface area contributed by atoms with Gasteiger partial charge in [0.15, 0.2) is 0 Å². The Morgan fingerprint density at radius 3 is 2.56 bits per heavy atom. The van der Waals surface area contributed by atoms with E-state index in [1.807, 2.05) is 12.1 Å². The second-order valence-corrected chi connectivity index (χ2v) is 3.93. The highest BCUT2D eigenvalue weighted by atomic mass is 19.1. The number of nitrogens with two attached hydrogens (primary N) is 1. The van der Waals surface area contributed by atoms with E-state index in [9.17, 15) is 9.18 Å². The third-order valence-electron chi connectivity index (χ3n) is 2.52. The lowest BCUT2D eigenvalue weighted by Gasteiger charge is -2.05. The maximum atomic E-state index is 12.9. The first-order chi connectivity index (χ1) is 8.65. The van der Waals surface area contributed by atoms with Gasteiger partial charge in [0, 0.05) is 17.8 Å². The number of amides is 1. The normalized spacial score (nSPS) is 10.1. The summed E-state index contributed by atoms with van der Waals surface area (Å²) < 4.78 is 12.9. The van der Waals surface area contributed by atoms with Gasteiger partial charge in [0.25, 0.3) is 5.91 Å². The Morgan fingerprint density at radius 2 is 1.89 bits per heavy atom. The van der Waals surface area contributed by atoms with E-state index in [1.165, 1.54) is 18.2 Å². The van der Waals surface area contributed by atoms with Crippen LogP contribution < -0.4 is 11.1 Å². The number of carbonyl (C=O) groups excluding carboxylic acids is 1. The van der Waals surface area contributed by atoms with Crippen molar-refractivity contribution in [2.45, 2.75) is 6.54 Å². The molecule has 0 fully saturated rings. The molecular weight excluding hydrogens is 231 g/mol. The molecule has 1 amide bonds. The van der Waals surface area contributed by atoms with Crippen LogP contribution in [0.1, 0.15) is 15.9 Å². The van der Waals surface area contributed by atoms with Crippen LogP contribution in [-0.4, -0.2) is 5.91 Å². The Morgan fingerprint density at radius 1 is 1.17 bits per heavy atom. The molecule has 18 heavy (non-hydrogen) atoms. The molecule has 0 heterocycles. The molecule has 92 valence electrons. The Labute approximate surface area is 104 Å². The molecule has 0 aromatic heterocycles. The number of rotatable bonds is 3. The molecule has 0 saturated carbocycles. The lowest BCUT2D eigenvalue weighted by molar-refractivity contribution is 0.0950. The highest BCUT2D eigenvalue weighted by Crippen LogP contribution is 2.06. The Hall–Kier alpha value is -2.36. The number of nitrogen functional groups attached to an aromatic ring is 1. The average molecular weight is 244 g/mol. The van der Waals surface area contributed by atoms with Gasteiger partial charge in [0.2, 0.25) is 0 Å². The molecule has 4 heteroatoms. The van der Waals surface area contributed by atoms with Crippen molar-refractivity contribution in [3.63, 3.8) is 0 Å². The molecule has 0 radical (unpaired) electrons. The number of carbonyl (C=O) groups is 1. The summed E-state index contributed by atoms with van der Waals surface area (Å²) in [4.78, 5) is 11.7. The summed E-state index contributed by atoms with van der Waals surface area (Å²) in [5.74, 6) is -0.721. The second-order valence-electron chi connectivity index (χ2n) is 3.93. The molecule has 0 saturated heterocycles. The molecule has 0 atom stereocenters. The van der Waals surface area contributed by atoms with Crippen molar-refractivity contribution in [2.24, 2.45) is 0 Å². The van der Waals surface area contributed by atoms with Crippen molar-refractivity contribution in [2.75, 3.05) is 5.73 Å². The van der Waals surface area contributed by atoms with Gasteiger partial charge in [0.1, 0.15) is 5.82 Å². The van der Waals surface area contributed by atoms with E-state index in [0.717, 1.165) is 5.56 Å². The minimum absolute atomic E-state index is 0.300. The quantitative estimate of drug-likeness (QED) is 0.814. The summed E-state index contributed by atoms with van der Waals surface area (Å²) in [5.41, 5.74) is 7.49. The second kappa shape index (κ2) is 5.31. The van der Waals surface area contributed by atoms with Crippen molar-refractivity contribution in [3.8, 4) is 0 Å². The number of hydrogen-bond donors (Lipinski definition) is 2. The maximum absolute atomic E-state index is 12.9. The minimum Gasteiger partial charge on any atom is -0.399 e. The summed E-state index contributed by atoms with van der Waals surface area (Å²) in [5, 5.41) is 2.72. The standard InChI is InChI=1S/C14H13FN2O/c15-12-3-1-2-11(8-12)14(18)17-9-10-4-6-13(16)7-5-10/h1-8H,9,16H2,(H,17,18). The zero-order valence-corrected chi connectivity index (χ0v) is 9.69. The van der Waals surface area contributed by atoms with Gasteiger partial charge in [-0.1, -0.05) is 18.2 Å². The zero-order valence-electron chi connectivity index (χ0n) is 9.69. The lowest BCUT2D eigenvalue weighted by Crippen LogP contribution is -2.22. The van der Waals surface area contributed by atoms with Crippen LogP contribution in [-0.2, 0) is 6.54 Å². The molecule has 0 aliphatic carbocycles. The molecule has 0 aliphatic heterocycles.